The highest BCUT2D eigenvalue weighted by molar-refractivity contribution is 7.90. The molecule has 0 aromatic heterocycles. The molecule has 98 valence electrons. The average molecular weight is 329 g/mol. The molecule has 1 aromatic carbocycles. The summed E-state index contributed by atoms with van der Waals surface area (Å²) in [6.07, 6.45) is 0.711. The molecule has 4 nitrogen and oxygen atoms in total. The topological polar surface area (TPSA) is 54.5 Å². The number of amides is 1. The highest BCUT2D eigenvalue weighted by Crippen LogP contribution is 2.35. The van der Waals surface area contributed by atoms with Crippen molar-refractivity contribution in [2.24, 2.45) is 0 Å². The normalized spacial score (nSPS) is 16.4. The molecule has 1 aromatic rings. The molecule has 0 spiro atoms. The smallest absolute Gasteiger partial charge is 0.269 e. The van der Waals surface area contributed by atoms with Crippen LogP contribution in [0.25, 0.3) is 0 Å². The first-order valence-corrected chi connectivity index (χ1v) is 7.61. The van der Waals surface area contributed by atoms with E-state index < -0.39 is 15.9 Å². The van der Waals surface area contributed by atoms with Crippen molar-refractivity contribution in [2.45, 2.75) is 17.7 Å². The van der Waals surface area contributed by atoms with Crippen molar-refractivity contribution in [1.29, 1.82) is 0 Å². The van der Waals surface area contributed by atoms with Gasteiger partial charge in [-0.3, -0.25) is 4.79 Å². The molecular weight excluding hydrogens is 321 g/mol. The lowest BCUT2D eigenvalue weighted by atomic mass is 10.4. The number of rotatable bonds is 2. The van der Waals surface area contributed by atoms with Crippen LogP contribution in [-0.2, 0) is 14.8 Å². The lowest BCUT2D eigenvalue weighted by Crippen LogP contribution is -2.32. The van der Waals surface area contributed by atoms with Gasteiger partial charge in [-0.05, 0) is 18.6 Å². The minimum atomic E-state index is -4.00. The number of hydrogen-bond acceptors (Lipinski definition) is 3. The fourth-order valence-electron chi connectivity index (χ4n) is 1.76. The molecule has 0 unspecified atom stereocenters. The van der Waals surface area contributed by atoms with Gasteiger partial charge in [-0.1, -0.05) is 34.8 Å². The van der Waals surface area contributed by atoms with E-state index in [0.29, 0.717) is 6.42 Å². The first kappa shape index (κ1) is 13.9. The molecule has 1 aliphatic rings. The predicted molar refractivity (Wildman–Crippen MR) is 69.6 cm³/mol. The van der Waals surface area contributed by atoms with Crippen molar-refractivity contribution in [2.75, 3.05) is 6.54 Å². The van der Waals surface area contributed by atoms with E-state index in [-0.39, 0.29) is 32.9 Å². The summed E-state index contributed by atoms with van der Waals surface area (Å²) >= 11 is 17.4. The summed E-state index contributed by atoms with van der Waals surface area (Å²) in [7, 11) is -4.00. The SMILES string of the molecule is O=C1CCCN1S(=O)(=O)c1c(Cl)cc(Cl)cc1Cl. The molecule has 8 heteroatoms. The molecule has 0 N–H and O–H groups in total. The first-order valence-electron chi connectivity index (χ1n) is 5.04. The Morgan fingerprint density at radius 1 is 1.11 bits per heavy atom. The summed E-state index contributed by atoms with van der Waals surface area (Å²) in [6, 6.07) is 2.56. The third-order valence-electron chi connectivity index (χ3n) is 2.54. The van der Waals surface area contributed by atoms with Gasteiger partial charge in [0.15, 0.2) is 0 Å². The van der Waals surface area contributed by atoms with E-state index in [4.69, 9.17) is 34.8 Å². The van der Waals surface area contributed by atoms with Gasteiger partial charge in [0.25, 0.3) is 10.0 Å². The van der Waals surface area contributed by atoms with Crippen LogP contribution < -0.4 is 0 Å². The predicted octanol–water partition coefficient (Wildman–Crippen LogP) is 2.96. The van der Waals surface area contributed by atoms with Crippen LogP contribution in [0, 0.1) is 0 Å². The van der Waals surface area contributed by atoms with E-state index in [1.54, 1.807) is 0 Å². The maximum atomic E-state index is 12.3. The molecular formula is C10H8Cl3NO3S. The van der Waals surface area contributed by atoms with Gasteiger partial charge in [0.2, 0.25) is 5.91 Å². The minimum absolute atomic E-state index is 0.0906. The lowest BCUT2D eigenvalue weighted by Gasteiger charge is -2.18. The van der Waals surface area contributed by atoms with Crippen LogP contribution in [0.3, 0.4) is 0 Å². The van der Waals surface area contributed by atoms with Crippen LogP contribution in [0.2, 0.25) is 15.1 Å². The molecule has 0 saturated carbocycles. The van der Waals surface area contributed by atoms with E-state index in [2.05, 4.69) is 0 Å². The highest BCUT2D eigenvalue weighted by atomic mass is 35.5. The fourth-order valence-corrected chi connectivity index (χ4v) is 4.72. The Balaban J connectivity index is 2.58. The summed E-state index contributed by atoms with van der Waals surface area (Å²) in [5, 5.41) is 0.0519. The molecule has 1 saturated heterocycles. The third kappa shape index (κ3) is 2.32. The number of carbonyl (C=O) groups is 1. The summed E-state index contributed by atoms with van der Waals surface area (Å²) in [5.74, 6) is -0.447. The van der Waals surface area contributed by atoms with Gasteiger partial charge in [0.1, 0.15) is 4.90 Å². The van der Waals surface area contributed by atoms with E-state index in [1.165, 1.54) is 12.1 Å². The van der Waals surface area contributed by atoms with Crippen molar-refractivity contribution >= 4 is 50.7 Å². The lowest BCUT2D eigenvalue weighted by molar-refractivity contribution is -0.123. The molecule has 1 amide bonds. The number of benzene rings is 1. The Bertz CT molecular complexity index is 592. The van der Waals surface area contributed by atoms with Gasteiger partial charge in [-0.15, -0.1) is 0 Å². The van der Waals surface area contributed by atoms with Crippen LogP contribution in [0.4, 0.5) is 0 Å². The second kappa shape index (κ2) is 4.89. The summed E-state index contributed by atoms with van der Waals surface area (Å²) in [6.45, 7) is 0.149. The number of sulfonamides is 1. The maximum Gasteiger partial charge on any atom is 0.269 e. The van der Waals surface area contributed by atoms with E-state index in [0.717, 1.165) is 4.31 Å². The Morgan fingerprint density at radius 2 is 1.67 bits per heavy atom. The molecule has 1 heterocycles. The Labute approximate surface area is 119 Å². The zero-order valence-electron chi connectivity index (χ0n) is 8.99. The molecule has 0 atom stereocenters. The standard InChI is InChI=1S/C10H8Cl3NO3S/c11-6-4-7(12)10(8(13)5-6)18(16,17)14-3-1-2-9(14)15/h4-5H,1-3H2. The summed E-state index contributed by atoms with van der Waals surface area (Å²) < 4.78 is 25.4. The molecule has 1 aliphatic heterocycles. The Morgan fingerprint density at radius 3 is 2.11 bits per heavy atom. The Kier molecular flexibility index (Phi) is 3.78. The number of halogens is 3. The van der Waals surface area contributed by atoms with Gasteiger partial charge in [-0.2, -0.15) is 0 Å². The van der Waals surface area contributed by atoms with Gasteiger partial charge >= 0.3 is 0 Å². The number of hydrogen-bond donors (Lipinski definition) is 0. The average Bonchev–Trinajstić information content (AvgIpc) is 2.62. The van der Waals surface area contributed by atoms with Crippen molar-refractivity contribution in [3.63, 3.8) is 0 Å². The van der Waals surface area contributed by atoms with Crippen LogP contribution in [0.1, 0.15) is 12.8 Å². The van der Waals surface area contributed by atoms with E-state index in [1.807, 2.05) is 0 Å². The fraction of sp³-hybridized carbons (Fsp3) is 0.300. The van der Waals surface area contributed by atoms with E-state index in [9.17, 15) is 13.2 Å². The van der Waals surface area contributed by atoms with Crippen LogP contribution in [0.15, 0.2) is 17.0 Å². The van der Waals surface area contributed by atoms with Crippen molar-refractivity contribution in [1.82, 2.24) is 4.31 Å². The zero-order chi connectivity index (χ0) is 13.5. The first-order chi connectivity index (χ1) is 8.34. The summed E-state index contributed by atoms with van der Waals surface area (Å²) in [4.78, 5) is 11.2. The minimum Gasteiger partial charge on any atom is -0.274 e. The zero-order valence-corrected chi connectivity index (χ0v) is 12.1. The van der Waals surface area contributed by atoms with Gasteiger partial charge < -0.3 is 0 Å². The quantitative estimate of drug-likeness (QED) is 0.838. The van der Waals surface area contributed by atoms with Crippen LogP contribution in [0.5, 0.6) is 0 Å². The molecule has 2 rings (SSSR count). The van der Waals surface area contributed by atoms with E-state index >= 15 is 0 Å². The van der Waals surface area contributed by atoms with Crippen molar-refractivity contribution in [3.8, 4) is 0 Å². The highest BCUT2D eigenvalue weighted by Gasteiger charge is 2.35. The second-order valence-corrected chi connectivity index (χ2v) is 6.82. The second-order valence-electron chi connectivity index (χ2n) is 3.77. The van der Waals surface area contributed by atoms with Crippen LogP contribution in [-0.4, -0.2) is 25.2 Å². The van der Waals surface area contributed by atoms with Crippen LogP contribution >= 0.6 is 34.8 Å². The molecule has 0 bridgehead atoms. The molecule has 0 radical (unpaired) electrons. The maximum absolute atomic E-state index is 12.3. The van der Waals surface area contributed by atoms with Crippen molar-refractivity contribution < 1.29 is 13.2 Å². The van der Waals surface area contributed by atoms with Gasteiger partial charge in [-0.25, -0.2) is 12.7 Å². The molecule has 1 fully saturated rings. The Hall–Kier alpha value is -0.490. The third-order valence-corrected chi connectivity index (χ3v) is 5.50. The van der Waals surface area contributed by atoms with Crippen molar-refractivity contribution in [3.05, 3.63) is 27.2 Å². The monoisotopic (exact) mass is 327 g/mol. The van der Waals surface area contributed by atoms with Gasteiger partial charge in [0, 0.05) is 18.0 Å². The van der Waals surface area contributed by atoms with Gasteiger partial charge in [0.05, 0.1) is 10.0 Å². The molecule has 0 aliphatic carbocycles. The molecule has 18 heavy (non-hydrogen) atoms. The number of nitrogens with zero attached hydrogens (tertiary/aromatic N) is 1. The summed E-state index contributed by atoms with van der Waals surface area (Å²) in [5.41, 5.74) is 0. The number of carbonyl (C=O) groups excluding carboxylic acids is 1. The largest absolute Gasteiger partial charge is 0.274 e.